The van der Waals surface area contributed by atoms with Crippen molar-refractivity contribution in [3.63, 3.8) is 0 Å². The predicted molar refractivity (Wildman–Crippen MR) is 63.6 cm³/mol. The highest BCUT2D eigenvalue weighted by atomic mass is 32.1. The van der Waals surface area contributed by atoms with Gasteiger partial charge in [-0.3, -0.25) is 9.89 Å². The average Bonchev–Trinajstić information content (AvgIpc) is 2.94. The molecule has 7 nitrogen and oxygen atoms in total. The maximum absolute atomic E-state index is 11.6. The van der Waals surface area contributed by atoms with Gasteiger partial charge in [-0.2, -0.15) is 5.10 Å². The maximum Gasteiger partial charge on any atom is 0.347 e. The molecule has 0 unspecified atom stereocenters. The molecule has 0 aliphatic rings. The number of nitrogens with zero attached hydrogens (tertiary/aromatic N) is 2. The Labute approximate surface area is 106 Å². The fourth-order valence-electron chi connectivity index (χ4n) is 1.36. The molecule has 0 aromatic carbocycles. The number of hydrogen-bond acceptors (Lipinski definition) is 5. The Kier molecular flexibility index (Phi) is 3.38. The van der Waals surface area contributed by atoms with Crippen molar-refractivity contribution >= 4 is 23.2 Å². The molecule has 18 heavy (non-hydrogen) atoms. The van der Waals surface area contributed by atoms with Gasteiger partial charge in [-0.1, -0.05) is 0 Å². The standard InChI is InChI=1S/C10H10N4O3S/c1-5-8(10(16)17)18-7(13-5)4-11-9(15)6-2-3-12-14-6/h2-3H,4H2,1H3,(H,11,15)(H,12,14)(H,16,17). The van der Waals surface area contributed by atoms with E-state index in [0.717, 1.165) is 11.3 Å². The number of amides is 1. The molecule has 0 aliphatic heterocycles. The van der Waals surface area contributed by atoms with Crippen LogP contribution in [-0.2, 0) is 6.54 Å². The summed E-state index contributed by atoms with van der Waals surface area (Å²) < 4.78 is 0. The van der Waals surface area contributed by atoms with Gasteiger partial charge in [-0.05, 0) is 13.0 Å². The molecule has 0 bridgehead atoms. The second-order valence-electron chi connectivity index (χ2n) is 3.48. The molecular weight excluding hydrogens is 256 g/mol. The summed E-state index contributed by atoms with van der Waals surface area (Å²) >= 11 is 1.06. The van der Waals surface area contributed by atoms with Crippen LogP contribution >= 0.6 is 11.3 Å². The zero-order valence-electron chi connectivity index (χ0n) is 9.43. The summed E-state index contributed by atoms with van der Waals surface area (Å²) in [6, 6.07) is 1.55. The molecule has 8 heteroatoms. The van der Waals surface area contributed by atoms with E-state index in [9.17, 15) is 9.59 Å². The SMILES string of the molecule is Cc1nc(CNC(=O)c2ccn[nH]2)sc1C(=O)O. The molecule has 2 aromatic rings. The molecule has 0 radical (unpaired) electrons. The summed E-state index contributed by atoms with van der Waals surface area (Å²) in [5, 5.41) is 18.3. The van der Waals surface area contributed by atoms with Crippen molar-refractivity contribution in [2.45, 2.75) is 13.5 Å². The Morgan fingerprint density at radius 1 is 1.56 bits per heavy atom. The molecule has 0 aliphatic carbocycles. The zero-order valence-corrected chi connectivity index (χ0v) is 10.2. The van der Waals surface area contributed by atoms with Crippen molar-refractivity contribution in [1.82, 2.24) is 20.5 Å². The number of hydrogen-bond donors (Lipinski definition) is 3. The van der Waals surface area contributed by atoms with E-state index in [1.165, 1.54) is 6.20 Å². The molecule has 0 saturated heterocycles. The van der Waals surface area contributed by atoms with Crippen molar-refractivity contribution in [3.05, 3.63) is 33.5 Å². The normalized spacial score (nSPS) is 10.3. The van der Waals surface area contributed by atoms with Crippen LogP contribution in [-0.4, -0.2) is 32.2 Å². The number of rotatable bonds is 4. The van der Waals surface area contributed by atoms with E-state index in [4.69, 9.17) is 5.11 Å². The van der Waals surface area contributed by atoms with E-state index in [2.05, 4.69) is 20.5 Å². The third-order valence-electron chi connectivity index (χ3n) is 2.18. The summed E-state index contributed by atoms with van der Waals surface area (Å²) in [6.45, 7) is 1.82. The van der Waals surface area contributed by atoms with Gasteiger partial charge >= 0.3 is 5.97 Å². The zero-order chi connectivity index (χ0) is 13.1. The minimum atomic E-state index is -1.00. The lowest BCUT2D eigenvalue weighted by atomic mass is 10.4. The predicted octanol–water partition coefficient (Wildman–Crippen LogP) is 0.803. The summed E-state index contributed by atoms with van der Waals surface area (Å²) in [5.41, 5.74) is 0.806. The van der Waals surface area contributed by atoms with Crippen LogP contribution in [0.25, 0.3) is 0 Å². The van der Waals surface area contributed by atoms with E-state index >= 15 is 0 Å². The molecule has 94 valence electrons. The maximum atomic E-state index is 11.6. The Bertz CT molecular complexity index is 576. The second-order valence-corrected chi connectivity index (χ2v) is 4.56. The lowest BCUT2D eigenvalue weighted by Crippen LogP contribution is -2.23. The Hall–Kier alpha value is -2.22. The first-order chi connectivity index (χ1) is 8.58. The van der Waals surface area contributed by atoms with Crippen LogP contribution in [0.2, 0.25) is 0 Å². The first-order valence-electron chi connectivity index (χ1n) is 5.05. The minimum absolute atomic E-state index is 0.191. The van der Waals surface area contributed by atoms with Gasteiger partial charge in [0.05, 0.1) is 12.2 Å². The molecule has 0 saturated carbocycles. The summed E-state index contributed by atoms with van der Waals surface area (Å²) in [7, 11) is 0. The number of nitrogens with one attached hydrogen (secondary N) is 2. The summed E-state index contributed by atoms with van der Waals surface area (Å²) in [4.78, 5) is 26.7. The molecule has 1 amide bonds. The second kappa shape index (κ2) is 4.96. The van der Waals surface area contributed by atoms with E-state index in [1.807, 2.05) is 0 Å². The molecule has 0 atom stereocenters. The van der Waals surface area contributed by atoms with Crippen molar-refractivity contribution < 1.29 is 14.7 Å². The smallest absolute Gasteiger partial charge is 0.347 e. The van der Waals surface area contributed by atoms with Crippen LogP contribution in [0.5, 0.6) is 0 Å². The topological polar surface area (TPSA) is 108 Å². The molecule has 0 fully saturated rings. The van der Waals surface area contributed by atoms with Gasteiger partial charge in [0.15, 0.2) is 0 Å². The summed E-state index contributed by atoms with van der Waals surface area (Å²) in [5.74, 6) is -1.31. The van der Waals surface area contributed by atoms with Crippen LogP contribution in [0.3, 0.4) is 0 Å². The van der Waals surface area contributed by atoms with E-state index < -0.39 is 5.97 Å². The molecule has 2 aromatic heterocycles. The monoisotopic (exact) mass is 266 g/mol. The number of carbonyl (C=O) groups excluding carboxylic acids is 1. The third kappa shape index (κ3) is 2.54. The molecule has 2 heterocycles. The Balaban J connectivity index is 2.01. The van der Waals surface area contributed by atoms with Crippen LogP contribution in [0, 0.1) is 6.92 Å². The molecule has 2 rings (SSSR count). The van der Waals surface area contributed by atoms with Gasteiger partial charge in [0.1, 0.15) is 15.6 Å². The lowest BCUT2D eigenvalue weighted by molar-refractivity contribution is 0.0701. The highest BCUT2D eigenvalue weighted by Gasteiger charge is 2.14. The van der Waals surface area contributed by atoms with Crippen LogP contribution in [0.4, 0.5) is 0 Å². The van der Waals surface area contributed by atoms with Crippen LogP contribution in [0.1, 0.15) is 30.9 Å². The van der Waals surface area contributed by atoms with Crippen LogP contribution < -0.4 is 5.32 Å². The van der Waals surface area contributed by atoms with Gasteiger partial charge in [-0.25, -0.2) is 9.78 Å². The Morgan fingerprint density at radius 2 is 2.33 bits per heavy atom. The van der Waals surface area contributed by atoms with Gasteiger partial charge in [0.25, 0.3) is 5.91 Å². The number of aromatic nitrogens is 3. The van der Waals surface area contributed by atoms with Crippen molar-refractivity contribution in [3.8, 4) is 0 Å². The first kappa shape index (κ1) is 12.2. The third-order valence-corrected chi connectivity index (χ3v) is 3.33. The Morgan fingerprint density at radius 3 is 2.89 bits per heavy atom. The lowest BCUT2D eigenvalue weighted by Gasteiger charge is -1.99. The van der Waals surface area contributed by atoms with Gasteiger partial charge in [0, 0.05) is 6.20 Å². The molecule has 3 N–H and O–H groups in total. The van der Waals surface area contributed by atoms with E-state index in [0.29, 0.717) is 16.4 Å². The van der Waals surface area contributed by atoms with Crippen molar-refractivity contribution in [2.75, 3.05) is 0 Å². The molecular formula is C10H10N4O3S. The number of aryl methyl sites for hydroxylation is 1. The molecule has 0 spiro atoms. The number of aromatic carboxylic acids is 1. The number of aromatic amines is 1. The quantitative estimate of drug-likeness (QED) is 0.758. The van der Waals surface area contributed by atoms with E-state index in [1.54, 1.807) is 13.0 Å². The highest BCUT2D eigenvalue weighted by Crippen LogP contribution is 2.17. The van der Waals surface area contributed by atoms with Gasteiger partial charge in [0.2, 0.25) is 0 Å². The summed E-state index contributed by atoms with van der Waals surface area (Å²) in [6.07, 6.45) is 1.48. The largest absolute Gasteiger partial charge is 0.477 e. The highest BCUT2D eigenvalue weighted by molar-refractivity contribution is 7.13. The van der Waals surface area contributed by atoms with Gasteiger partial charge in [-0.15, -0.1) is 11.3 Å². The van der Waals surface area contributed by atoms with Crippen molar-refractivity contribution in [1.29, 1.82) is 0 Å². The van der Waals surface area contributed by atoms with Crippen LogP contribution in [0.15, 0.2) is 12.3 Å². The minimum Gasteiger partial charge on any atom is -0.477 e. The fourth-order valence-corrected chi connectivity index (χ4v) is 2.20. The van der Waals surface area contributed by atoms with Gasteiger partial charge < -0.3 is 10.4 Å². The first-order valence-corrected chi connectivity index (χ1v) is 5.86. The fraction of sp³-hybridized carbons (Fsp3) is 0.200. The number of carbonyl (C=O) groups is 2. The number of carboxylic acids is 1. The number of H-pyrrole nitrogens is 1. The number of thiazole rings is 1. The van der Waals surface area contributed by atoms with Crippen molar-refractivity contribution in [2.24, 2.45) is 0 Å². The average molecular weight is 266 g/mol. The van der Waals surface area contributed by atoms with E-state index in [-0.39, 0.29) is 17.3 Å². The number of carboxylic acid groups (broad SMARTS) is 1.